The van der Waals surface area contributed by atoms with Crippen LogP contribution in [0.1, 0.15) is 11.1 Å². The number of nitro benzene ring substituents is 1. The predicted molar refractivity (Wildman–Crippen MR) is 99.4 cm³/mol. The van der Waals surface area contributed by atoms with E-state index in [1.807, 2.05) is 12.1 Å². The smallest absolute Gasteiger partial charge is 0.363 e. The van der Waals surface area contributed by atoms with Crippen LogP contribution in [0, 0.1) is 13.7 Å². The molecule has 7 nitrogen and oxygen atoms in total. The van der Waals surface area contributed by atoms with Gasteiger partial charge in [-0.25, -0.2) is 9.79 Å². The molecule has 2 aromatic rings. The number of ether oxygens (including phenoxy) is 2. The molecule has 0 aliphatic carbocycles. The lowest BCUT2D eigenvalue weighted by molar-refractivity contribution is -0.385. The summed E-state index contributed by atoms with van der Waals surface area (Å²) in [5.41, 5.74) is 1.02. The summed E-state index contributed by atoms with van der Waals surface area (Å²) in [6.45, 7) is 0. The molecule has 0 bridgehead atoms. The van der Waals surface area contributed by atoms with E-state index in [0.29, 0.717) is 11.1 Å². The molecule has 1 aliphatic rings. The van der Waals surface area contributed by atoms with E-state index in [2.05, 4.69) is 27.6 Å². The van der Waals surface area contributed by atoms with Crippen LogP contribution in [0.25, 0.3) is 6.08 Å². The zero-order valence-electron chi connectivity index (χ0n) is 12.9. The Morgan fingerprint density at radius 1 is 1.24 bits per heavy atom. The van der Waals surface area contributed by atoms with E-state index in [9.17, 15) is 14.9 Å². The summed E-state index contributed by atoms with van der Waals surface area (Å²) in [7, 11) is 1.35. The third-order valence-electron chi connectivity index (χ3n) is 3.41. The van der Waals surface area contributed by atoms with Crippen LogP contribution in [-0.4, -0.2) is 23.9 Å². The Bertz CT molecular complexity index is 919. The molecule has 0 atom stereocenters. The van der Waals surface area contributed by atoms with E-state index in [1.165, 1.54) is 25.3 Å². The monoisotopic (exact) mass is 450 g/mol. The second-order valence-electron chi connectivity index (χ2n) is 5.03. The lowest BCUT2D eigenvalue weighted by Gasteiger charge is -2.02. The molecule has 126 valence electrons. The van der Waals surface area contributed by atoms with Crippen LogP contribution in [0.4, 0.5) is 5.69 Å². The van der Waals surface area contributed by atoms with Crippen LogP contribution in [0.15, 0.2) is 53.2 Å². The molecular formula is C17H11IN2O5. The lowest BCUT2D eigenvalue weighted by atomic mass is 10.1. The van der Waals surface area contributed by atoms with Crippen molar-refractivity contribution >= 4 is 46.2 Å². The number of rotatable bonds is 4. The molecule has 0 saturated heterocycles. The van der Waals surface area contributed by atoms with E-state index in [-0.39, 0.29) is 23.0 Å². The van der Waals surface area contributed by atoms with Gasteiger partial charge in [0.1, 0.15) is 0 Å². The number of aliphatic imine (C=N–C) groups is 1. The SMILES string of the molecule is COc1ccc(C=C2N=C(c3ccc(I)cc3)OC2=O)cc1[N+](=O)[O-]. The Hall–Kier alpha value is -2.75. The topological polar surface area (TPSA) is 91.0 Å². The number of methoxy groups -OCH3 is 1. The van der Waals surface area contributed by atoms with Crippen molar-refractivity contribution in [1.29, 1.82) is 0 Å². The fourth-order valence-electron chi connectivity index (χ4n) is 2.22. The standard InChI is InChI=1S/C17H11IN2O5/c1-24-15-7-2-10(9-14(15)20(22)23)8-13-17(21)25-16(19-13)11-3-5-12(18)6-4-11/h2-9H,1H3. The van der Waals surface area contributed by atoms with Crippen molar-refractivity contribution in [3.63, 3.8) is 0 Å². The summed E-state index contributed by atoms with van der Waals surface area (Å²) in [6.07, 6.45) is 1.44. The number of cyclic esters (lactones) is 1. The predicted octanol–water partition coefficient (Wildman–Crippen LogP) is 3.55. The lowest BCUT2D eigenvalue weighted by Crippen LogP contribution is -2.05. The van der Waals surface area contributed by atoms with Crippen molar-refractivity contribution in [3.8, 4) is 5.75 Å². The number of hydrogen-bond acceptors (Lipinski definition) is 6. The van der Waals surface area contributed by atoms with Gasteiger partial charge in [0, 0.05) is 15.2 Å². The van der Waals surface area contributed by atoms with Crippen molar-refractivity contribution in [1.82, 2.24) is 0 Å². The van der Waals surface area contributed by atoms with E-state index in [0.717, 1.165) is 3.57 Å². The molecule has 0 spiro atoms. The Kier molecular flexibility index (Phi) is 4.79. The molecule has 0 saturated carbocycles. The molecule has 1 heterocycles. The maximum Gasteiger partial charge on any atom is 0.363 e. The van der Waals surface area contributed by atoms with Gasteiger partial charge in [-0.2, -0.15) is 0 Å². The van der Waals surface area contributed by atoms with Crippen molar-refractivity contribution in [2.75, 3.05) is 7.11 Å². The molecule has 2 aromatic carbocycles. The number of nitro groups is 1. The van der Waals surface area contributed by atoms with Crippen molar-refractivity contribution in [2.45, 2.75) is 0 Å². The molecular weight excluding hydrogens is 439 g/mol. The van der Waals surface area contributed by atoms with Crippen LogP contribution in [0.3, 0.4) is 0 Å². The second kappa shape index (κ2) is 7.01. The van der Waals surface area contributed by atoms with Crippen LogP contribution < -0.4 is 4.74 Å². The highest BCUT2D eigenvalue weighted by atomic mass is 127. The van der Waals surface area contributed by atoms with Gasteiger partial charge in [-0.15, -0.1) is 0 Å². The first kappa shape index (κ1) is 17.1. The van der Waals surface area contributed by atoms with Gasteiger partial charge in [0.2, 0.25) is 5.90 Å². The maximum atomic E-state index is 12.0. The van der Waals surface area contributed by atoms with Crippen LogP contribution in [-0.2, 0) is 9.53 Å². The van der Waals surface area contributed by atoms with Gasteiger partial charge in [0.05, 0.1) is 12.0 Å². The first-order valence-corrected chi connectivity index (χ1v) is 8.17. The molecule has 1 aliphatic heterocycles. The number of halogens is 1. The third-order valence-corrected chi connectivity index (χ3v) is 4.13. The molecule has 0 aromatic heterocycles. The second-order valence-corrected chi connectivity index (χ2v) is 6.28. The van der Waals surface area contributed by atoms with E-state index in [1.54, 1.807) is 18.2 Å². The number of nitrogens with zero attached hydrogens (tertiary/aromatic N) is 2. The van der Waals surface area contributed by atoms with Gasteiger partial charge in [0.25, 0.3) is 0 Å². The van der Waals surface area contributed by atoms with Gasteiger partial charge in [-0.1, -0.05) is 6.07 Å². The zero-order chi connectivity index (χ0) is 18.0. The van der Waals surface area contributed by atoms with Gasteiger partial charge in [-0.3, -0.25) is 10.1 Å². The quantitative estimate of drug-likeness (QED) is 0.234. The number of hydrogen-bond donors (Lipinski definition) is 0. The molecule has 0 fully saturated rings. The highest BCUT2D eigenvalue weighted by molar-refractivity contribution is 14.1. The van der Waals surface area contributed by atoms with E-state index in [4.69, 9.17) is 9.47 Å². The van der Waals surface area contributed by atoms with Gasteiger partial charge in [0.15, 0.2) is 11.4 Å². The normalized spacial score (nSPS) is 15.0. The Labute approximate surface area is 156 Å². The summed E-state index contributed by atoms with van der Waals surface area (Å²) < 4.78 is 11.2. The summed E-state index contributed by atoms with van der Waals surface area (Å²) >= 11 is 2.17. The zero-order valence-corrected chi connectivity index (χ0v) is 15.1. The number of carbonyl (C=O) groups excluding carboxylic acids is 1. The third kappa shape index (κ3) is 3.68. The summed E-state index contributed by atoms with van der Waals surface area (Å²) in [4.78, 5) is 26.7. The summed E-state index contributed by atoms with van der Waals surface area (Å²) in [5, 5.41) is 11.1. The summed E-state index contributed by atoms with van der Waals surface area (Å²) in [5.74, 6) is -0.257. The minimum atomic E-state index is -0.605. The van der Waals surface area contributed by atoms with Crippen molar-refractivity contribution in [2.24, 2.45) is 4.99 Å². The van der Waals surface area contributed by atoms with E-state index >= 15 is 0 Å². The Morgan fingerprint density at radius 2 is 1.96 bits per heavy atom. The molecule has 8 heteroatoms. The highest BCUT2D eigenvalue weighted by Crippen LogP contribution is 2.29. The fourth-order valence-corrected chi connectivity index (χ4v) is 2.58. The molecule has 0 N–H and O–H groups in total. The minimum Gasteiger partial charge on any atom is -0.490 e. The summed E-state index contributed by atoms with van der Waals surface area (Å²) in [6, 6.07) is 11.7. The first-order valence-electron chi connectivity index (χ1n) is 7.09. The van der Waals surface area contributed by atoms with Gasteiger partial charge < -0.3 is 9.47 Å². The number of esters is 1. The average molecular weight is 450 g/mol. The van der Waals surface area contributed by atoms with Gasteiger partial charge >= 0.3 is 11.7 Å². The Balaban J connectivity index is 1.95. The molecule has 3 rings (SSSR count). The van der Waals surface area contributed by atoms with Crippen LogP contribution in [0.2, 0.25) is 0 Å². The van der Waals surface area contributed by atoms with Crippen LogP contribution >= 0.6 is 22.6 Å². The van der Waals surface area contributed by atoms with E-state index < -0.39 is 10.9 Å². The van der Waals surface area contributed by atoms with Crippen LogP contribution in [0.5, 0.6) is 5.75 Å². The first-order chi connectivity index (χ1) is 12.0. The Morgan fingerprint density at radius 3 is 2.60 bits per heavy atom. The number of benzene rings is 2. The largest absolute Gasteiger partial charge is 0.490 e. The van der Waals surface area contributed by atoms with Gasteiger partial charge in [-0.05, 0) is 64.6 Å². The molecule has 0 unspecified atom stereocenters. The highest BCUT2D eigenvalue weighted by Gasteiger charge is 2.24. The molecule has 25 heavy (non-hydrogen) atoms. The van der Waals surface area contributed by atoms with Crippen molar-refractivity contribution < 1.29 is 19.2 Å². The molecule has 0 radical (unpaired) electrons. The maximum absolute atomic E-state index is 12.0. The molecule has 0 amide bonds. The fraction of sp³-hybridized carbons (Fsp3) is 0.0588. The van der Waals surface area contributed by atoms with Crippen molar-refractivity contribution in [3.05, 3.63) is 73.0 Å². The number of carbonyl (C=O) groups is 1. The minimum absolute atomic E-state index is 0.0769. The average Bonchev–Trinajstić information content (AvgIpc) is 2.96.